The van der Waals surface area contributed by atoms with Crippen molar-refractivity contribution in [2.24, 2.45) is 5.92 Å². The molecule has 0 aliphatic carbocycles. The molecule has 2 aromatic rings. The van der Waals surface area contributed by atoms with Gasteiger partial charge >= 0.3 is 0 Å². The van der Waals surface area contributed by atoms with E-state index in [0.29, 0.717) is 6.61 Å². The molecule has 0 aliphatic rings. The Bertz CT molecular complexity index is 629. The summed E-state index contributed by atoms with van der Waals surface area (Å²) in [5.41, 5.74) is 3.21. The normalized spacial score (nSPS) is 12.0. The van der Waals surface area contributed by atoms with E-state index in [4.69, 9.17) is 9.57 Å². The molecule has 0 aliphatic heterocycles. The molecule has 0 fully saturated rings. The average molecular weight is 331 g/mol. The number of rotatable bonds is 8. The Morgan fingerprint density at radius 3 is 2.33 bits per heavy atom. The number of hydrogen-bond donors (Lipinski definition) is 1. The SMILES string of the molecule is CC(C)C(C(=O)NOCCOc1ccccc1)c1ccc(F)cc1. The lowest BCUT2D eigenvalue weighted by Crippen LogP contribution is -2.33. The number of halogens is 1. The lowest BCUT2D eigenvalue weighted by Gasteiger charge is -2.20. The first kappa shape index (κ1) is 17.9. The van der Waals surface area contributed by atoms with Crippen LogP contribution in [-0.2, 0) is 9.63 Å². The van der Waals surface area contributed by atoms with Gasteiger partial charge in [0.1, 0.15) is 24.8 Å². The van der Waals surface area contributed by atoms with Crippen molar-refractivity contribution in [2.75, 3.05) is 13.2 Å². The number of nitrogens with one attached hydrogen (secondary N) is 1. The minimum atomic E-state index is -0.402. The van der Waals surface area contributed by atoms with Crippen LogP contribution in [0, 0.1) is 11.7 Å². The highest BCUT2D eigenvalue weighted by Gasteiger charge is 2.24. The van der Waals surface area contributed by atoms with Gasteiger partial charge in [-0.25, -0.2) is 9.87 Å². The molecule has 1 amide bonds. The van der Waals surface area contributed by atoms with Crippen LogP contribution >= 0.6 is 0 Å². The van der Waals surface area contributed by atoms with Crippen LogP contribution in [0.15, 0.2) is 54.6 Å². The molecule has 4 nitrogen and oxygen atoms in total. The summed E-state index contributed by atoms with van der Waals surface area (Å²) < 4.78 is 18.5. The Morgan fingerprint density at radius 1 is 1.04 bits per heavy atom. The van der Waals surface area contributed by atoms with E-state index in [2.05, 4.69) is 5.48 Å². The lowest BCUT2D eigenvalue weighted by molar-refractivity contribution is -0.136. The van der Waals surface area contributed by atoms with Gasteiger partial charge < -0.3 is 4.74 Å². The highest BCUT2D eigenvalue weighted by atomic mass is 19.1. The summed E-state index contributed by atoms with van der Waals surface area (Å²) in [6.45, 7) is 4.43. The molecule has 0 saturated carbocycles. The van der Waals surface area contributed by atoms with Gasteiger partial charge in [0.05, 0.1) is 5.92 Å². The van der Waals surface area contributed by atoms with Crippen molar-refractivity contribution in [3.63, 3.8) is 0 Å². The van der Waals surface area contributed by atoms with Gasteiger partial charge in [0.15, 0.2) is 0 Å². The van der Waals surface area contributed by atoms with E-state index < -0.39 is 5.92 Å². The van der Waals surface area contributed by atoms with Gasteiger partial charge in [0.25, 0.3) is 5.91 Å². The Hall–Kier alpha value is -2.40. The highest BCUT2D eigenvalue weighted by Crippen LogP contribution is 2.24. The summed E-state index contributed by atoms with van der Waals surface area (Å²) in [7, 11) is 0. The third-order valence-corrected chi connectivity index (χ3v) is 3.55. The smallest absolute Gasteiger partial charge is 0.251 e. The summed E-state index contributed by atoms with van der Waals surface area (Å²) in [6.07, 6.45) is 0. The molecule has 1 unspecified atom stereocenters. The molecule has 0 aromatic heterocycles. The molecule has 24 heavy (non-hydrogen) atoms. The van der Waals surface area contributed by atoms with Crippen molar-refractivity contribution in [2.45, 2.75) is 19.8 Å². The van der Waals surface area contributed by atoms with E-state index >= 15 is 0 Å². The van der Waals surface area contributed by atoms with Crippen LogP contribution < -0.4 is 10.2 Å². The van der Waals surface area contributed by atoms with Crippen molar-refractivity contribution in [1.82, 2.24) is 5.48 Å². The topological polar surface area (TPSA) is 47.6 Å². The number of hydroxylamine groups is 1. The first-order chi connectivity index (χ1) is 11.6. The second-order valence-corrected chi connectivity index (χ2v) is 5.75. The average Bonchev–Trinajstić information content (AvgIpc) is 2.57. The second-order valence-electron chi connectivity index (χ2n) is 5.75. The molecule has 0 saturated heterocycles. The van der Waals surface area contributed by atoms with Crippen LogP contribution in [0.1, 0.15) is 25.3 Å². The van der Waals surface area contributed by atoms with E-state index in [1.807, 2.05) is 44.2 Å². The Morgan fingerprint density at radius 2 is 1.71 bits per heavy atom. The summed E-state index contributed by atoms with van der Waals surface area (Å²) in [4.78, 5) is 17.5. The van der Waals surface area contributed by atoms with E-state index in [1.165, 1.54) is 12.1 Å². The molecule has 0 bridgehead atoms. The number of amides is 1. The summed E-state index contributed by atoms with van der Waals surface area (Å²) in [5, 5.41) is 0. The van der Waals surface area contributed by atoms with Crippen LogP contribution in [0.2, 0.25) is 0 Å². The van der Waals surface area contributed by atoms with Crippen LogP contribution in [0.3, 0.4) is 0 Å². The number of carbonyl (C=O) groups is 1. The summed E-state index contributed by atoms with van der Waals surface area (Å²) in [6, 6.07) is 15.3. The molecule has 1 atom stereocenters. The molecular formula is C19H22FNO3. The zero-order chi connectivity index (χ0) is 17.4. The predicted molar refractivity (Wildman–Crippen MR) is 90.0 cm³/mol. The number of benzene rings is 2. The Balaban J connectivity index is 1.80. The van der Waals surface area contributed by atoms with Crippen molar-refractivity contribution in [3.05, 3.63) is 66.0 Å². The third kappa shape index (κ3) is 5.35. The highest BCUT2D eigenvalue weighted by molar-refractivity contribution is 5.83. The number of hydrogen-bond acceptors (Lipinski definition) is 3. The van der Waals surface area contributed by atoms with Crippen molar-refractivity contribution in [3.8, 4) is 5.75 Å². The maximum Gasteiger partial charge on any atom is 0.251 e. The predicted octanol–water partition coefficient (Wildman–Crippen LogP) is 3.69. The minimum Gasteiger partial charge on any atom is -0.491 e. The molecule has 0 radical (unpaired) electrons. The van der Waals surface area contributed by atoms with E-state index in [9.17, 15) is 9.18 Å². The second kappa shape index (κ2) is 9.03. The molecular weight excluding hydrogens is 309 g/mol. The lowest BCUT2D eigenvalue weighted by atomic mass is 9.88. The fourth-order valence-electron chi connectivity index (χ4n) is 2.41. The molecule has 5 heteroatoms. The molecule has 2 aromatic carbocycles. The van der Waals surface area contributed by atoms with Crippen LogP contribution in [0.25, 0.3) is 0 Å². The van der Waals surface area contributed by atoms with Gasteiger partial charge in [-0.15, -0.1) is 0 Å². The summed E-state index contributed by atoms with van der Waals surface area (Å²) >= 11 is 0. The fourth-order valence-corrected chi connectivity index (χ4v) is 2.41. The van der Waals surface area contributed by atoms with Gasteiger partial charge in [0, 0.05) is 0 Å². The standard InChI is InChI=1S/C19H22FNO3/c1-14(2)18(15-8-10-16(20)11-9-15)19(22)21-24-13-12-23-17-6-4-3-5-7-17/h3-11,14,18H,12-13H2,1-2H3,(H,21,22). The van der Waals surface area contributed by atoms with E-state index in [1.54, 1.807) is 12.1 Å². The van der Waals surface area contributed by atoms with Crippen LogP contribution in [-0.4, -0.2) is 19.1 Å². The molecule has 1 N–H and O–H groups in total. The summed E-state index contributed by atoms with van der Waals surface area (Å²) in [5.74, 6) is -0.175. The van der Waals surface area contributed by atoms with Gasteiger partial charge in [-0.05, 0) is 35.7 Å². The Labute approximate surface area is 141 Å². The van der Waals surface area contributed by atoms with Gasteiger partial charge in [0.2, 0.25) is 0 Å². The zero-order valence-electron chi connectivity index (χ0n) is 13.9. The van der Waals surface area contributed by atoms with E-state index in [-0.39, 0.29) is 24.2 Å². The first-order valence-electron chi connectivity index (χ1n) is 7.93. The van der Waals surface area contributed by atoms with Crippen molar-refractivity contribution >= 4 is 5.91 Å². The number of carbonyl (C=O) groups excluding carboxylic acids is 1. The zero-order valence-corrected chi connectivity index (χ0v) is 13.9. The van der Waals surface area contributed by atoms with Crippen molar-refractivity contribution < 1.29 is 18.8 Å². The van der Waals surface area contributed by atoms with E-state index in [0.717, 1.165) is 11.3 Å². The van der Waals surface area contributed by atoms with Crippen LogP contribution in [0.4, 0.5) is 4.39 Å². The maximum absolute atomic E-state index is 13.0. The van der Waals surface area contributed by atoms with Crippen molar-refractivity contribution in [1.29, 1.82) is 0 Å². The fraction of sp³-hybridized carbons (Fsp3) is 0.316. The molecule has 0 heterocycles. The minimum absolute atomic E-state index is 0.0552. The number of ether oxygens (including phenoxy) is 1. The van der Waals surface area contributed by atoms with Gasteiger partial charge in [-0.2, -0.15) is 0 Å². The maximum atomic E-state index is 13.0. The van der Waals surface area contributed by atoms with Gasteiger partial charge in [-0.3, -0.25) is 9.63 Å². The first-order valence-corrected chi connectivity index (χ1v) is 7.93. The molecule has 128 valence electrons. The Kier molecular flexibility index (Phi) is 6.75. The molecule has 0 spiro atoms. The molecule has 2 rings (SSSR count). The quantitative estimate of drug-likeness (QED) is 0.593. The van der Waals surface area contributed by atoms with Crippen LogP contribution in [0.5, 0.6) is 5.75 Å². The third-order valence-electron chi connectivity index (χ3n) is 3.55. The number of para-hydroxylation sites is 1. The van der Waals surface area contributed by atoms with Gasteiger partial charge in [-0.1, -0.05) is 44.2 Å². The monoisotopic (exact) mass is 331 g/mol. The largest absolute Gasteiger partial charge is 0.491 e.